The molecule has 0 rings (SSSR count). The minimum Gasteiger partial charge on any atom is -0.462 e. The molecule has 0 aliphatic rings. The highest BCUT2D eigenvalue weighted by Crippen LogP contribution is 2.43. The number of quaternary nitrogens is 1. The van der Waals surface area contributed by atoms with Crippen molar-refractivity contribution >= 4 is 19.8 Å². The number of nitrogens with zero attached hydrogens (tertiary/aromatic N) is 1. The molecular weight excluding hydrogens is 954 g/mol. The van der Waals surface area contributed by atoms with Crippen molar-refractivity contribution in [3.05, 3.63) is 72.9 Å². The van der Waals surface area contributed by atoms with Crippen molar-refractivity contribution < 1.29 is 42.1 Å². The van der Waals surface area contributed by atoms with Crippen molar-refractivity contribution in [2.24, 2.45) is 0 Å². The van der Waals surface area contributed by atoms with E-state index in [-0.39, 0.29) is 32.0 Å². The highest BCUT2D eigenvalue weighted by molar-refractivity contribution is 7.47. The quantitative estimate of drug-likeness (QED) is 0.0211. The number of carbonyl (C=O) groups excluding carboxylic acids is 2. The van der Waals surface area contributed by atoms with E-state index in [4.69, 9.17) is 18.5 Å². The monoisotopic (exact) mass is 1070 g/mol. The predicted octanol–water partition coefficient (Wildman–Crippen LogP) is 19.7. The van der Waals surface area contributed by atoms with Gasteiger partial charge in [-0.2, -0.15) is 0 Å². The Kier molecular flexibility index (Phi) is 54.3. The molecule has 0 aromatic carbocycles. The zero-order valence-electron chi connectivity index (χ0n) is 49.5. The largest absolute Gasteiger partial charge is 0.472 e. The maximum atomic E-state index is 12.8. The van der Waals surface area contributed by atoms with Crippen LogP contribution in [0.15, 0.2) is 72.9 Å². The van der Waals surface area contributed by atoms with Crippen molar-refractivity contribution in [2.75, 3.05) is 47.5 Å². The van der Waals surface area contributed by atoms with Crippen molar-refractivity contribution in [1.29, 1.82) is 0 Å². The smallest absolute Gasteiger partial charge is 0.462 e. The van der Waals surface area contributed by atoms with Gasteiger partial charge in [0.2, 0.25) is 0 Å². The van der Waals surface area contributed by atoms with Gasteiger partial charge in [-0.05, 0) is 83.5 Å². The number of phosphoric acid groups is 1. The number of ether oxygens (including phenoxy) is 2. The van der Waals surface area contributed by atoms with Crippen LogP contribution in [0.1, 0.15) is 277 Å². The number of phosphoric ester groups is 1. The number of hydrogen-bond acceptors (Lipinski definition) is 7. The van der Waals surface area contributed by atoms with Gasteiger partial charge in [-0.15, -0.1) is 0 Å². The Morgan fingerprint density at radius 1 is 0.427 bits per heavy atom. The third-order valence-corrected chi connectivity index (χ3v) is 14.5. The van der Waals surface area contributed by atoms with Gasteiger partial charge in [0.15, 0.2) is 6.10 Å². The van der Waals surface area contributed by atoms with Crippen molar-refractivity contribution in [3.63, 3.8) is 0 Å². The van der Waals surface area contributed by atoms with Crippen molar-refractivity contribution in [3.8, 4) is 0 Å². The summed E-state index contributed by atoms with van der Waals surface area (Å²) in [5.74, 6) is -0.800. The lowest BCUT2D eigenvalue weighted by atomic mass is 10.0. The summed E-state index contributed by atoms with van der Waals surface area (Å²) < 4.78 is 34.5. The van der Waals surface area contributed by atoms with Gasteiger partial charge in [0.05, 0.1) is 27.7 Å². The van der Waals surface area contributed by atoms with Gasteiger partial charge in [-0.3, -0.25) is 18.6 Å². The van der Waals surface area contributed by atoms with Crippen LogP contribution in [0.4, 0.5) is 0 Å². The number of unbranched alkanes of at least 4 members (excludes halogenated alkanes) is 31. The average molecular weight is 1070 g/mol. The van der Waals surface area contributed by atoms with Crippen LogP contribution in [0.2, 0.25) is 0 Å². The normalized spacial score (nSPS) is 13.7. The molecule has 0 aliphatic heterocycles. The van der Waals surface area contributed by atoms with Crippen LogP contribution in [0, 0.1) is 0 Å². The maximum absolute atomic E-state index is 12.8. The Balaban J connectivity index is 3.89. The van der Waals surface area contributed by atoms with E-state index < -0.39 is 26.5 Å². The lowest BCUT2D eigenvalue weighted by Crippen LogP contribution is -2.37. The molecular formula is C65H119NO8P+. The number of hydrogen-bond donors (Lipinski definition) is 1. The highest BCUT2D eigenvalue weighted by atomic mass is 31.2. The average Bonchev–Trinajstić information content (AvgIpc) is 3.37. The fourth-order valence-corrected chi connectivity index (χ4v) is 9.43. The Morgan fingerprint density at radius 2 is 0.760 bits per heavy atom. The van der Waals surface area contributed by atoms with E-state index in [0.717, 1.165) is 83.5 Å². The van der Waals surface area contributed by atoms with E-state index in [2.05, 4.69) is 86.8 Å². The standard InChI is InChI=1S/C65H118NO8P/c1-6-8-10-12-14-16-18-20-21-22-23-24-25-26-27-28-29-30-31-32-33-34-35-36-37-38-39-40-41-42-43-44-45-46-48-50-52-54-56-58-65(68)74-63(62-73-75(69,70)72-60-59-66(3,4)5)61-71-64(67)57-55-53-51-49-47-19-17-15-13-11-9-7-2/h8,10,14-17,20-21,23-24,26-27,63H,6-7,9,11-13,18-19,22,25,28-62H2,1-5H3/p+1/b10-8-,16-14-,17-15-,21-20-,24-23-,27-26-. The van der Waals surface area contributed by atoms with Crippen LogP contribution in [-0.4, -0.2) is 74.9 Å². The number of esters is 2. The summed E-state index contributed by atoms with van der Waals surface area (Å²) >= 11 is 0. The van der Waals surface area contributed by atoms with Crippen molar-refractivity contribution in [1.82, 2.24) is 0 Å². The van der Waals surface area contributed by atoms with Crippen molar-refractivity contribution in [2.45, 2.75) is 283 Å². The lowest BCUT2D eigenvalue weighted by molar-refractivity contribution is -0.870. The van der Waals surface area contributed by atoms with Gasteiger partial charge in [0.1, 0.15) is 19.8 Å². The molecule has 10 heteroatoms. The van der Waals surface area contributed by atoms with Gasteiger partial charge in [0, 0.05) is 12.8 Å². The molecule has 0 aromatic heterocycles. The second-order valence-corrected chi connectivity index (χ2v) is 23.5. The zero-order valence-corrected chi connectivity index (χ0v) is 50.4. The van der Waals surface area contributed by atoms with Gasteiger partial charge in [0.25, 0.3) is 0 Å². The fraction of sp³-hybridized carbons (Fsp3) is 0.785. The Hall–Kier alpha value is -2.55. The summed E-state index contributed by atoms with van der Waals surface area (Å²) in [5, 5.41) is 0. The summed E-state index contributed by atoms with van der Waals surface area (Å²) in [5.41, 5.74) is 0. The first kappa shape index (κ1) is 72.5. The molecule has 2 atom stereocenters. The molecule has 0 bridgehead atoms. The molecule has 0 radical (unpaired) electrons. The summed E-state index contributed by atoms with van der Waals surface area (Å²) in [6, 6.07) is 0. The van der Waals surface area contributed by atoms with Crippen LogP contribution in [0.3, 0.4) is 0 Å². The molecule has 0 saturated carbocycles. The van der Waals surface area contributed by atoms with E-state index in [1.807, 2.05) is 21.1 Å². The molecule has 0 aromatic rings. The number of carbonyl (C=O) groups is 2. The first-order valence-corrected chi connectivity index (χ1v) is 32.7. The first-order chi connectivity index (χ1) is 36.5. The van der Waals surface area contributed by atoms with Crippen LogP contribution >= 0.6 is 7.82 Å². The predicted molar refractivity (Wildman–Crippen MR) is 321 cm³/mol. The molecule has 2 unspecified atom stereocenters. The van der Waals surface area contributed by atoms with Crippen LogP contribution in [-0.2, 0) is 32.7 Å². The minimum atomic E-state index is -4.38. The highest BCUT2D eigenvalue weighted by Gasteiger charge is 2.27. The zero-order chi connectivity index (χ0) is 54.9. The lowest BCUT2D eigenvalue weighted by Gasteiger charge is -2.24. The third kappa shape index (κ3) is 60.5. The summed E-state index contributed by atoms with van der Waals surface area (Å²) in [6.07, 6.45) is 74.4. The first-order valence-electron chi connectivity index (χ1n) is 31.2. The van der Waals surface area contributed by atoms with E-state index in [1.165, 1.54) is 161 Å². The molecule has 0 aliphatic carbocycles. The SMILES string of the molecule is CC/C=C\C/C=C\C/C=C\C/C=C\C/C=C\CCCCCCCCCCCCCCCCCCCCCCCCCC(=O)OC(COC(=O)CCCCCCC/C=C\CCCCC)COP(=O)(O)OCC[N+](C)(C)C. The third-order valence-electron chi connectivity index (χ3n) is 13.5. The molecule has 0 spiro atoms. The number of allylic oxidation sites excluding steroid dienone is 12. The van der Waals surface area contributed by atoms with Crippen LogP contribution in [0.5, 0.6) is 0 Å². The van der Waals surface area contributed by atoms with E-state index in [1.54, 1.807) is 0 Å². The van der Waals surface area contributed by atoms with E-state index in [9.17, 15) is 19.0 Å². The summed E-state index contributed by atoms with van der Waals surface area (Å²) in [7, 11) is 1.48. The molecule has 0 saturated heterocycles. The summed E-state index contributed by atoms with van der Waals surface area (Å²) in [4.78, 5) is 35.6. The maximum Gasteiger partial charge on any atom is 0.472 e. The topological polar surface area (TPSA) is 108 Å². The molecule has 0 fully saturated rings. The van der Waals surface area contributed by atoms with Gasteiger partial charge >= 0.3 is 19.8 Å². The molecule has 75 heavy (non-hydrogen) atoms. The second kappa shape index (κ2) is 56.2. The Morgan fingerprint density at radius 3 is 1.15 bits per heavy atom. The second-order valence-electron chi connectivity index (χ2n) is 22.1. The van der Waals surface area contributed by atoms with Gasteiger partial charge in [-0.25, -0.2) is 4.57 Å². The van der Waals surface area contributed by atoms with E-state index in [0.29, 0.717) is 17.4 Å². The van der Waals surface area contributed by atoms with Gasteiger partial charge < -0.3 is 18.9 Å². The molecule has 9 nitrogen and oxygen atoms in total. The minimum absolute atomic E-state index is 0.0308. The summed E-state index contributed by atoms with van der Waals surface area (Å²) in [6.45, 7) is 4.30. The Bertz CT molecular complexity index is 1500. The molecule has 0 amide bonds. The van der Waals surface area contributed by atoms with E-state index >= 15 is 0 Å². The Labute approximate surface area is 463 Å². The molecule has 1 N–H and O–H groups in total. The number of rotatable bonds is 57. The molecule has 0 heterocycles. The van der Waals surface area contributed by atoms with Crippen LogP contribution < -0.4 is 0 Å². The molecule has 436 valence electrons. The number of likely N-dealkylation sites (N-methyl/N-ethyl adjacent to an activating group) is 1. The van der Waals surface area contributed by atoms with Crippen LogP contribution in [0.25, 0.3) is 0 Å². The fourth-order valence-electron chi connectivity index (χ4n) is 8.69. The van der Waals surface area contributed by atoms with Gasteiger partial charge in [-0.1, -0.05) is 254 Å².